The molecule has 1 aromatic rings. The maximum Gasteiger partial charge on any atom is 0.237 e. The van der Waals surface area contributed by atoms with Gasteiger partial charge < -0.3 is 10.6 Å². The SMILES string of the molecule is Cl.O=C(NCCc1ccc(Br)cc1)[C@@H]1CCCN1. The van der Waals surface area contributed by atoms with Crippen molar-refractivity contribution in [2.75, 3.05) is 13.1 Å². The van der Waals surface area contributed by atoms with Crippen molar-refractivity contribution in [3.05, 3.63) is 34.3 Å². The van der Waals surface area contributed by atoms with Crippen LogP contribution in [0.5, 0.6) is 0 Å². The molecule has 1 aromatic carbocycles. The summed E-state index contributed by atoms with van der Waals surface area (Å²) in [5.41, 5.74) is 1.24. The van der Waals surface area contributed by atoms with Gasteiger partial charge in [0.25, 0.3) is 0 Å². The minimum Gasteiger partial charge on any atom is -0.354 e. The largest absolute Gasteiger partial charge is 0.354 e. The quantitative estimate of drug-likeness (QED) is 0.887. The van der Waals surface area contributed by atoms with Crippen LogP contribution in [0.25, 0.3) is 0 Å². The lowest BCUT2D eigenvalue weighted by Gasteiger charge is -2.10. The summed E-state index contributed by atoms with van der Waals surface area (Å²) < 4.78 is 1.08. The zero-order chi connectivity index (χ0) is 12.1. The third-order valence-corrected chi connectivity index (χ3v) is 3.53. The van der Waals surface area contributed by atoms with Crippen LogP contribution in [0, 0.1) is 0 Å². The van der Waals surface area contributed by atoms with Crippen LogP contribution in [0.2, 0.25) is 0 Å². The Balaban J connectivity index is 0.00000162. The number of rotatable bonds is 4. The Morgan fingerprint density at radius 3 is 2.72 bits per heavy atom. The summed E-state index contributed by atoms with van der Waals surface area (Å²) in [5.74, 6) is 0.139. The second-order valence-corrected chi connectivity index (χ2v) is 5.23. The van der Waals surface area contributed by atoms with E-state index in [9.17, 15) is 4.79 Å². The van der Waals surface area contributed by atoms with E-state index in [0.717, 1.165) is 30.3 Å². The number of carbonyl (C=O) groups excluding carboxylic acids is 1. The third-order valence-electron chi connectivity index (χ3n) is 3.00. The molecule has 0 bridgehead atoms. The smallest absolute Gasteiger partial charge is 0.237 e. The van der Waals surface area contributed by atoms with E-state index in [2.05, 4.69) is 38.7 Å². The lowest BCUT2D eigenvalue weighted by molar-refractivity contribution is -0.122. The maximum atomic E-state index is 11.7. The average Bonchev–Trinajstić information content (AvgIpc) is 2.85. The van der Waals surface area contributed by atoms with Gasteiger partial charge in [0.05, 0.1) is 6.04 Å². The van der Waals surface area contributed by atoms with Gasteiger partial charge >= 0.3 is 0 Å². The van der Waals surface area contributed by atoms with Crippen molar-refractivity contribution < 1.29 is 4.79 Å². The van der Waals surface area contributed by atoms with Crippen LogP contribution in [0.3, 0.4) is 0 Å². The van der Waals surface area contributed by atoms with Gasteiger partial charge in [-0.2, -0.15) is 0 Å². The van der Waals surface area contributed by atoms with E-state index in [1.54, 1.807) is 0 Å². The van der Waals surface area contributed by atoms with Gasteiger partial charge in [0.1, 0.15) is 0 Å². The van der Waals surface area contributed by atoms with Crippen molar-refractivity contribution in [1.82, 2.24) is 10.6 Å². The molecular weight excluding hydrogens is 316 g/mol. The Morgan fingerprint density at radius 1 is 1.39 bits per heavy atom. The molecule has 0 unspecified atom stereocenters. The molecule has 1 fully saturated rings. The van der Waals surface area contributed by atoms with Crippen LogP contribution in [0.4, 0.5) is 0 Å². The van der Waals surface area contributed by atoms with E-state index in [-0.39, 0.29) is 24.4 Å². The summed E-state index contributed by atoms with van der Waals surface area (Å²) in [5, 5.41) is 6.17. The average molecular weight is 334 g/mol. The van der Waals surface area contributed by atoms with E-state index >= 15 is 0 Å². The summed E-state index contributed by atoms with van der Waals surface area (Å²) in [6, 6.07) is 8.22. The molecular formula is C13H18BrClN2O. The summed E-state index contributed by atoms with van der Waals surface area (Å²) in [7, 11) is 0. The Morgan fingerprint density at radius 2 is 2.11 bits per heavy atom. The topological polar surface area (TPSA) is 41.1 Å². The molecule has 1 aliphatic rings. The molecule has 1 saturated heterocycles. The van der Waals surface area contributed by atoms with E-state index < -0.39 is 0 Å². The van der Waals surface area contributed by atoms with E-state index in [1.807, 2.05) is 12.1 Å². The van der Waals surface area contributed by atoms with Crippen LogP contribution >= 0.6 is 28.3 Å². The standard InChI is InChI=1S/C13H17BrN2O.ClH/c14-11-5-3-10(4-6-11)7-9-16-13(17)12-2-1-8-15-12;/h3-6,12,15H,1-2,7-9H2,(H,16,17);1H/t12-;/m0./s1. The van der Waals surface area contributed by atoms with Gasteiger partial charge in [-0.3, -0.25) is 4.79 Å². The van der Waals surface area contributed by atoms with Crippen LogP contribution in [-0.2, 0) is 11.2 Å². The van der Waals surface area contributed by atoms with Gasteiger partial charge in [-0.1, -0.05) is 28.1 Å². The zero-order valence-electron chi connectivity index (χ0n) is 10.1. The number of halogens is 2. The van der Waals surface area contributed by atoms with Gasteiger partial charge in [0, 0.05) is 11.0 Å². The minimum atomic E-state index is 0. The number of hydrogen-bond donors (Lipinski definition) is 2. The molecule has 1 atom stereocenters. The molecule has 0 saturated carbocycles. The first kappa shape index (κ1) is 15.5. The summed E-state index contributed by atoms with van der Waals surface area (Å²) >= 11 is 3.40. The molecule has 100 valence electrons. The third kappa shape index (κ3) is 4.59. The fourth-order valence-electron chi connectivity index (χ4n) is 2.01. The Kier molecular flexibility index (Phi) is 6.68. The highest BCUT2D eigenvalue weighted by Crippen LogP contribution is 2.10. The molecule has 2 N–H and O–H groups in total. The molecule has 2 rings (SSSR count). The molecule has 0 aliphatic carbocycles. The second kappa shape index (κ2) is 7.77. The number of hydrogen-bond acceptors (Lipinski definition) is 2. The zero-order valence-corrected chi connectivity index (χ0v) is 12.5. The van der Waals surface area contributed by atoms with Gasteiger partial charge in [-0.05, 0) is 43.5 Å². The molecule has 5 heteroatoms. The minimum absolute atomic E-state index is 0. The highest BCUT2D eigenvalue weighted by Gasteiger charge is 2.20. The van der Waals surface area contributed by atoms with Crippen molar-refractivity contribution in [2.24, 2.45) is 0 Å². The van der Waals surface area contributed by atoms with Crippen molar-refractivity contribution in [3.8, 4) is 0 Å². The molecule has 3 nitrogen and oxygen atoms in total. The highest BCUT2D eigenvalue weighted by atomic mass is 79.9. The maximum absolute atomic E-state index is 11.7. The molecule has 0 radical (unpaired) electrons. The number of benzene rings is 1. The van der Waals surface area contributed by atoms with Crippen molar-refractivity contribution >= 4 is 34.2 Å². The predicted octanol–water partition coefficient (Wildman–Crippen LogP) is 2.28. The van der Waals surface area contributed by atoms with Gasteiger partial charge in [-0.25, -0.2) is 0 Å². The van der Waals surface area contributed by atoms with Crippen LogP contribution < -0.4 is 10.6 Å². The summed E-state index contributed by atoms with van der Waals surface area (Å²) in [4.78, 5) is 11.7. The van der Waals surface area contributed by atoms with E-state index in [1.165, 1.54) is 5.56 Å². The van der Waals surface area contributed by atoms with Gasteiger partial charge in [-0.15, -0.1) is 12.4 Å². The van der Waals surface area contributed by atoms with Crippen molar-refractivity contribution in [3.63, 3.8) is 0 Å². The molecule has 0 spiro atoms. The fourth-order valence-corrected chi connectivity index (χ4v) is 2.28. The number of nitrogens with one attached hydrogen (secondary N) is 2. The molecule has 1 heterocycles. The molecule has 18 heavy (non-hydrogen) atoms. The number of amides is 1. The number of carbonyl (C=O) groups is 1. The van der Waals surface area contributed by atoms with Crippen LogP contribution in [-0.4, -0.2) is 25.0 Å². The Hall–Kier alpha value is -0.580. The second-order valence-electron chi connectivity index (χ2n) is 4.32. The van der Waals surface area contributed by atoms with Crippen LogP contribution in [0.1, 0.15) is 18.4 Å². The molecule has 1 aliphatic heterocycles. The Bertz CT molecular complexity index is 377. The van der Waals surface area contributed by atoms with Crippen molar-refractivity contribution in [1.29, 1.82) is 0 Å². The summed E-state index contributed by atoms with van der Waals surface area (Å²) in [6.07, 6.45) is 2.95. The first-order valence-electron chi connectivity index (χ1n) is 6.01. The monoisotopic (exact) mass is 332 g/mol. The summed E-state index contributed by atoms with van der Waals surface area (Å²) in [6.45, 7) is 1.67. The van der Waals surface area contributed by atoms with E-state index in [0.29, 0.717) is 6.54 Å². The normalized spacial score (nSPS) is 18.2. The lowest BCUT2D eigenvalue weighted by Crippen LogP contribution is -2.41. The van der Waals surface area contributed by atoms with E-state index in [4.69, 9.17) is 0 Å². The predicted molar refractivity (Wildman–Crippen MR) is 79.1 cm³/mol. The Labute approximate surface area is 122 Å². The van der Waals surface area contributed by atoms with Crippen molar-refractivity contribution in [2.45, 2.75) is 25.3 Å². The molecule has 1 amide bonds. The highest BCUT2D eigenvalue weighted by molar-refractivity contribution is 9.10. The lowest BCUT2D eigenvalue weighted by atomic mass is 10.1. The van der Waals surface area contributed by atoms with Crippen LogP contribution in [0.15, 0.2) is 28.7 Å². The van der Waals surface area contributed by atoms with Gasteiger partial charge in [0.15, 0.2) is 0 Å². The first-order chi connectivity index (χ1) is 8.25. The van der Waals surface area contributed by atoms with Gasteiger partial charge in [0.2, 0.25) is 5.91 Å². The fraction of sp³-hybridized carbons (Fsp3) is 0.462. The first-order valence-corrected chi connectivity index (χ1v) is 6.80. The molecule has 0 aromatic heterocycles.